The van der Waals surface area contributed by atoms with E-state index in [1.807, 2.05) is 34.6 Å². The zero-order valence-electron chi connectivity index (χ0n) is 25.6. The van der Waals surface area contributed by atoms with Gasteiger partial charge < -0.3 is 20.1 Å². The van der Waals surface area contributed by atoms with E-state index in [9.17, 15) is 9.59 Å². The number of carbonyl (C=O) groups excluding carboxylic acids is 2. The summed E-state index contributed by atoms with van der Waals surface area (Å²) in [5.74, 6) is 0.733. The van der Waals surface area contributed by atoms with Crippen LogP contribution >= 0.6 is 0 Å². The third-order valence-electron chi connectivity index (χ3n) is 8.34. The van der Waals surface area contributed by atoms with E-state index in [4.69, 9.17) is 9.47 Å². The SMILES string of the molecule is CC(C)NC(=O)C(C)C(C)CC(C)(C)C(C)C(C)(C)COC(C)(C)C(C)(C)CNC(=O)OC(C)C. The lowest BCUT2D eigenvalue weighted by Gasteiger charge is -2.47. The van der Waals surface area contributed by atoms with Crippen molar-refractivity contribution in [2.75, 3.05) is 13.2 Å². The van der Waals surface area contributed by atoms with E-state index in [0.717, 1.165) is 6.42 Å². The molecule has 208 valence electrons. The van der Waals surface area contributed by atoms with Crippen molar-refractivity contribution in [1.29, 1.82) is 0 Å². The molecule has 0 aliphatic rings. The lowest BCUT2D eigenvalue weighted by atomic mass is 9.62. The van der Waals surface area contributed by atoms with E-state index < -0.39 is 11.7 Å². The number of alkyl carbamates (subject to hydrolysis) is 1. The highest BCUT2D eigenvalue weighted by atomic mass is 16.6. The Hall–Kier alpha value is -1.30. The van der Waals surface area contributed by atoms with E-state index in [1.165, 1.54) is 0 Å². The molecule has 0 heterocycles. The van der Waals surface area contributed by atoms with E-state index >= 15 is 0 Å². The number of nitrogens with one attached hydrogen (secondary N) is 2. The molecule has 2 amide bonds. The Kier molecular flexibility index (Phi) is 12.3. The molecule has 6 heteroatoms. The third-order valence-corrected chi connectivity index (χ3v) is 8.34. The topological polar surface area (TPSA) is 76.7 Å². The van der Waals surface area contributed by atoms with Gasteiger partial charge in [0.05, 0.1) is 18.3 Å². The number of hydrogen-bond acceptors (Lipinski definition) is 4. The maximum Gasteiger partial charge on any atom is 0.407 e. The molecule has 0 aromatic heterocycles. The van der Waals surface area contributed by atoms with Gasteiger partial charge >= 0.3 is 6.09 Å². The molecule has 0 bridgehead atoms. The predicted octanol–water partition coefficient (Wildman–Crippen LogP) is 6.82. The minimum absolute atomic E-state index is 0.0282. The van der Waals surface area contributed by atoms with Crippen LogP contribution in [-0.4, -0.2) is 42.9 Å². The summed E-state index contributed by atoms with van der Waals surface area (Å²) in [5, 5.41) is 5.94. The fraction of sp³-hybridized carbons (Fsp3) is 0.931. The van der Waals surface area contributed by atoms with Gasteiger partial charge in [-0.25, -0.2) is 4.79 Å². The van der Waals surface area contributed by atoms with E-state index in [2.05, 4.69) is 79.9 Å². The van der Waals surface area contributed by atoms with Crippen LogP contribution in [0.2, 0.25) is 0 Å². The molecule has 0 fully saturated rings. The van der Waals surface area contributed by atoms with Gasteiger partial charge in [-0.1, -0.05) is 62.3 Å². The van der Waals surface area contributed by atoms with Crippen LogP contribution in [0.5, 0.6) is 0 Å². The molecule has 3 unspecified atom stereocenters. The first-order chi connectivity index (χ1) is 15.6. The van der Waals surface area contributed by atoms with Crippen molar-refractivity contribution in [2.24, 2.45) is 34.0 Å². The molecule has 35 heavy (non-hydrogen) atoms. The highest BCUT2D eigenvalue weighted by molar-refractivity contribution is 5.78. The molecule has 0 radical (unpaired) electrons. The van der Waals surface area contributed by atoms with Gasteiger partial charge in [0.25, 0.3) is 0 Å². The van der Waals surface area contributed by atoms with Gasteiger partial charge in [0.15, 0.2) is 0 Å². The van der Waals surface area contributed by atoms with Crippen molar-refractivity contribution in [3.63, 3.8) is 0 Å². The standard InChI is InChI=1S/C29H58N2O4/c1-19(2)31-24(32)22(6)21(5)16-26(8,9)23(7)27(10,11)18-34-29(14,15)28(12,13)17-30-25(33)35-20(3)4/h19-23H,16-18H2,1-15H3,(H,30,33)(H,31,32). The summed E-state index contributed by atoms with van der Waals surface area (Å²) < 4.78 is 11.8. The Morgan fingerprint density at radius 1 is 0.800 bits per heavy atom. The van der Waals surface area contributed by atoms with Gasteiger partial charge in [-0.3, -0.25) is 4.79 Å². The molecule has 0 saturated carbocycles. The zero-order chi connectivity index (χ0) is 28.0. The number of amides is 2. The highest BCUT2D eigenvalue weighted by Crippen LogP contribution is 2.46. The number of ether oxygens (including phenoxy) is 2. The second kappa shape index (κ2) is 12.8. The zero-order valence-corrected chi connectivity index (χ0v) is 25.6. The Balaban J connectivity index is 5.20. The first-order valence-electron chi connectivity index (χ1n) is 13.4. The fourth-order valence-corrected chi connectivity index (χ4v) is 4.36. The summed E-state index contributed by atoms with van der Waals surface area (Å²) in [5.41, 5.74) is -0.813. The molecule has 0 aliphatic carbocycles. The molecule has 0 spiro atoms. The van der Waals surface area contributed by atoms with Gasteiger partial charge in [-0.05, 0) is 70.6 Å². The van der Waals surface area contributed by atoms with Crippen LogP contribution in [0.3, 0.4) is 0 Å². The van der Waals surface area contributed by atoms with Gasteiger partial charge in [0.1, 0.15) is 0 Å². The first-order valence-corrected chi connectivity index (χ1v) is 13.4. The van der Waals surface area contributed by atoms with Crippen molar-refractivity contribution in [1.82, 2.24) is 10.6 Å². The van der Waals surface area contributed by atoms with Crippen molar-refractivity contribution < 1.29 is 19.1 Å². The lowest BCUT2D eigenvalue weighted by molar-refractivity contribution is -0.136. The van der Waals surface area contributed by atoms with Crippen molar-refractivity contribution >= 4 is 12.0 Å². The lowest BCUT2D eigenvalue weighted by Crippen LogP contribution is -2.51. The maximum atomic E-state index is 12.5. The smallest absolute Gasteiger partial charge is 0.407 e. The summed E-state index contributed by atoms with van der Waals surface area (Å²) in [4.78, 5) is 24.5. The van der Waals surface area contributed by atoms with Crippen molar-refractivity contribution in [3.05, 3.63) is 0 Å². The normalized spacial score (nSPS) is 16.1. The predicted molar refractivity (Wildman–Crippen MR) is 146 cm³/mol. The fourth-order valence-electron chi connectivity index (χ4n) is 4.36. The summed E-state index contributed by atoms with van der Waals surface area (Å²) in [7, 11) is 0. The van der Waals surface area contributed by atoms with Crippen LogP contribution in [0.15, 0.2) is 0 Å². The van der Waals surface area contributed by atoms with Gasteiger partial charge in [0, 0.05) is 23.9 Å². The number of carbonyl (C=O) groups is 2. The quantitative estimate of drug-likeness (QED) is 0.275. The van der Waals surface area contributed by atoms with Crippen LogP contribution in [0, 0.1) is 34.0 Å². The van der Waals surface area contributed by atoms with Crippen LogP contribution < -0.4 is 10.6 Å². The van der Waals surface area contributed by atoms with E-state index in [0.29, 0.717) is 19.1 Å². The summed E-state index contributed by atoms with van der Waals surface area (Å²) in [6.45, 7) is 32.8. The molecule has 0 aliphatic heterocycles. The highest BCUT2D eigenvalue weighted by Gasteiger charge is 2.43. The number of rotatable bonds is 14. The minimum Gasteiger partial charge on any atom is -0.447 e. The van der Waals surface area contributed by atoms with Crippen LogP contribution in [0.1, 0.15) is 110 Å². The Morgan fingerprint density at radius 3 is 1.77 bits per heavy atom. The second-order valence-corrected chi connectivity index (χ2v) is 13.8. The second-order valence-electron chi connectivity index (χ2n) is 13.8. The van der Waals surface area contributed by atoms with Gasteiger partial charge in [0.2, 0.25) is 5.91 Å². The molecule has 3 atom stereocenters. The van der Waals surface area contributed by atoms with Crippen LogP contribution in [-0.2, 0) is 14.3 Å². The average molecular weight is 499 g/mol. The maximum absolute atomic E-state index is 12.5. The Bertz CT molecular complexity index is 680. The Labute approximate surface area is 217 Å². The number of hydrogen-bond donors (Lipinski definition) is 2. The largest absolute Gasteiger partial charge is 0.447 e. The molecular weight excluding hydrogens is 440 g/mol. The van der Waals surface area contributed by atoms with E-state index in [-0.39, 0.29) is 46.1 Å². The molecule has 0 rings (SSSR count). The summed E-state index contributed by atoms with van der Waals surface area (Å²) in [6.07, 6.45) is 0.412. The van der Waals surface area contributed by atoms with Crippen molar-refractivity contribution in [2.45, 2.75) is 128 Å². The first kappa shape index (κ1) is 33.7. The van der Waals surface area contributed by atoms with Gasteiger partial charge in [-0.2, -0.15) is 0 Å². The average Bonchev–Trinajstić information content (AvgIpc) is 2.68. The molecule has 6 nitrogen and oxygen atoms in total. The minimum atomic E-state index is -0.462. The molecule has 0 aromatic rings. The van der Waals surface area contributed by atoms with Crippen LogP contribution in [0.25, 0.3) is 0 Å². The van der Waals surface area contributed by atoms with Crippen LogP contribution in [0.4, 0.5) is 4.79 Å². The van der Waals surface area contributed by atoms with Gasteiger partial charge in [-0.15, -0.1) is 0 Å². The van der Waals surface area contributed by atoms with E-state index in [1.54, 1.807) is 0 Å². The summed E-state index contributed by atoms with van der Waals surface area (Å²) >= 11 is 0. The summed E-state index contributed by atoms with van der Waals surface area (Å²) in [6, 6.07) is 0.156. The third kappa shape index (κ3) is 10.7. The Morgan fingerprint density at radius 2 is 1.31 bits per heavy atom. The monoisotopic (exact) mass is 498 g/mol. The molecular formula is C29H58N2O4. The molecule has 0 saturated heterocycles. The molecule has 0 aromatic carbocycles. The molecule has 2 N–H and O–H groups in total. The van der Waals surface area contributed by atoms with Crippen molar-refractivity contribution in [3.8, 4) is 0 Å².